The molecule has 3 rings (SSSR count). The molecule has 0 radical (unpaired) electrons. The molecular formula is C23H28N2O3. The molecule has 1 aliphatic rings. The van der Waals surface area contributed by atoms with Gasteiger partial charge in [0.2, 0.25) is 5.91 Å². The third-order valence-electron chi connectivity index (χ3n) is 4.82. The van der Waals surface area contributed by atoms with E-state index in [1.807, 2.05) is 41.3 Å². The van der Waals surface area contributed by atoms with Gasteiger partial charge in [-0.15, -0.1) is 0 Å². The van der Waals surface area contributed by atoms with Gasteiger partial charge < -0.3 is 15.0 Å². The van der Waals surface area contributed by atoms with Gasteiger partial charge in [0.05, 0.1) is 12.1 Å². The first-order chi connectivity index (χ1) is 13.3. The fourth-order valence-corrected chi connectivity index (χ4v) is 3.72. The monoisotopic (exact) mass is 380 g/mol. The Labute approximate surface area is 166 Å². The number of carbonyl (C=O) groups excluding carboxylic acids is 2. The molecule has 28 heavy (non-hydrogen) atoms. The van der Waals surface area contributed by atoms with Crippen LogP contribution in [-0.4, -0.2) is 29.0 Å². The highest BCUT2D eigenvalue weighted by Gasteiger charge is 2.38. The Hall–Kier alpha value is -2.82. The second-order valence-electron chi connectivity index (χ2n) is 8.09. The van der Waals surface area contributed by atoms with Crippen LogP contribution in [0.3, 0.4) is 0 Å². The van der Waals surface area contributed by atoms with E-state index in [4.69, 9.17) is 4.74 Å². The van der Waals surface area contributed by atoms with Crippen molar-refractivity contribution < 1.29 is 14.3 Å². The maximum Gasteiger partial charge on any atom is 0.408 e. The second kappa shape index (κ2) is 8.46. The van der Waals surface area contributed by atoms with E-state index in [1.165, 1.54) is 0 Å². The molecule has 148 valence electrons. The van der Waals surface area contributed by atoms with Gasteiger partial charge in [-0.3, -0.25) is 4.79 Å². The Kier molecular flexibility index (Phi) is 6.02. The summed E-state index contributed by atoms with van der Waals surface area (Å²) in [4.78, 5) is 27.0. The number of hydrogen-bond donors (Lipinski definition) is 1. The summed E-state index contributed by atoms with van der Waals surface area (Å²) in [6.07, 6.45) is 1.20. The topological polar surface area (TPSA) is 58.6 Å². The minimum atomic E-state index is -0.597. The quantitative estimate of drug-likeness (QED) is 0.842. The molecule has 0 spiro atoms. The molecule has 2 amide bonds. The van der Waals surface area contributed by atoms with Gasteiger partial charge in [0.1, 0.15) is 12.1 Å². The molecule has 1 aliphatic heterocycles. The molecule has 2 aromatic carbocycles. The van der Waals surface area contributed by atoms with Crippen LogP contribution in [-0.2, 0) is 9.53 Å². The van der Waals surface area contributed by atoms with Crippen molar-refractivity contribution >= 4 is 12.0 Å². The number of nitrogens with zero attached hydrogens (tertiary/aromatic N) is 1. The van der Waals surface area contributed by atoms with Gasteiger partial charge in [-0.05, 0) is 44.7 Å². The lowest BCUT2D eigenvalue weighted by molar-refractivity contribution is -0.133. The highest BCUT2D eigenvalue weighted by atomic mass is 16.6. The summed E-state index contributed by atoms with van der Waals surface area (Å²) in [7, 11) is 0. The number of nitrogens with one attached hydrogen (secondary N) is 1. The van der Waals surface area contributed by atoms with Crippen molar-refractivity contribution in [3.05, 3.63) is 71.8 Å². The fraction of sp³-hybridized carbons (Fsp3) is 0.391. The molecule has 0 aromatic heterocycles. The average Bonchev–Trinajstić information content (AvgIpc) is 3.11. The van der Waals surface area contributed by atoms with Gasteiger partial charge >= 0.3 is 6.09 Å². The van der Waals surface area contributed by atoms with Gasteiger partial charge in [-0.1, -0.05) is 60.7 Å². The summed E-state index contributed by atoms with van der Waals surface area (Å²) in [5, 5.41) is 2.61. The molecule has 5 nitrogen and oxygen atoms in total. The zero-order chi connectivity index (χ0) is 20.1. The van der Waals surface area contributed by atoms with E-state index in [-0.39, 0.29) is 24.5 Å². The van der Waals surface area contributed by atoms with Crippen LogP contribution in [0.1, 0.15) is 56.8 Å². The van der Waals surface area contributed by atoms with E-state index in [1.54, 1.807) is 20.8 Å². The van der Waals surface area contributed by atoms with Gasteiger partial charge in [0.15, 0.2) is 0 Å². The van der Waals surface area contributed by atoms with Gasteiger partial charge in [0.25, 0.3) is 0 Å². The predicted molar refractivity (Wildman–Crippen MR) is 109 cm³/mol. The van der Waals surface area contributed by atoms with Crippen molar-refractivity contribution in [2.45, 2.75) is 51.3 Å². The Bertz CT molecular complexity index is 752. The van der Waals surface area contributed by atoms with Crippen molar-refractivity contribution in [3.63, 3.8) is 0 Å². The molecule has 0 saturated carbocycles. The van der Waals surface area contributed by atoms with Gasteiger partial charge in [-0.2, -0.15) is 0 Å². The molecule has 2 unspecified atom stereocenters. The molecule has 0 aliphatic carbocycles. The average molecular weight is 380 g/mol. The number of benzene rings is 2. The minimum Gasteiger partial charge on any atom is -0.444 e. The van der Waals surface area contributed by atoms with E-state index in [0.29, 0.717) is 0 Å². The SMILES string of the molecule is CC(C)(C)OC(=O)NCC(=O)N1C(c2ccccc2)CCC1c1ccccc1. The molecule has 2 aromatic rings. The molecule has 1 fully saturated rings. The molecule has 1 saturated heterocycles. The van der Waals surface area contributed by atoms with Crippen molar-refractivity contribution in [2.75, 3.05) is 6.54 Å². The highest BCUT2D eigenvalue weighted by molar-refractivity contribution is 5.83. The fourth-order valence-electron chi connectivity index (χ4n) is 3.72. The summed E-state index contributed by atoms with van der Waals surface area (Å²) in [6.45, 7) is 5.31. The van der Waals surface area contributed by atoms with Crippen molar-refractivity contribution in [1.29, 1.82) is 0 Å². The first-order valence-electron chi connectivity index (χ1n) is 9.73. The zero-order valence-electron chi connectivity index (χ0n) is 16.7. The number of amides is 2. The lowest BCUT2D eigenvalue weighted by Gasteiger charge is -2.31. The van der Waals surface area contributed by atoms with Crippen molar-refractivity contribution in [2.24, 2.45) is 0 Å². The predicted octanol–water partition coefficient (Wildman–Crippen LogP) is 4.62. The van der Waals surface area contributed by atoms with E-state index in [9.17, 15) is 9.59 Å². The molecule has 1 heterocycles. The number of carbonyl (C=O) groups is 2. The van der Waals surface area contributed by atoms with Crippen LogP contribution >= 0.6 is 0 Å². The van der Waals surface area contributed by atoms with Crippen LogP contribution in [0.5, 0.6) is 0 Å². The summed E-state index contributed by atoms with van der Waals surface area (Å²) >= 11 is 0. The summed E-state index contributed by atoms with van der Waals surface area (Å²) < 4.78 is 5.25. The first-order valence-corrected chi connectivity index (χ1v) is 9.73. The van der Waals surface area contributed by atoms with Crippen LogP contribution < -0.4 is 5.32 Å². The van der Waals surface area contributed by atoms with E-state index in [0.717, 1.165) is 24.0 Å². The summed E-state index contributed by atoms with van der Waals surface area (Å²) in [5.41, 5.74) is 1.64. The maximum absolute atomic E-state index is 13.1. The number of hydrogen-bond acceptors (Lipinski definition) is 3. The van der Waals surface area contributed by atoms with E-state index >= 15 is 0 Å². The highest BCUT2D eigenvalue weighted by Crippen LogP contribution is 2.43. The molecule has 0 bridgehead atoms. The van der Waals surface area contributed by atoms with Crippen LogP contribution in [0.25, 0.3) is 0 Å². The van der Waals surface area contributed by atoms with E-state index < -0.39 is 11.7 Å². The largest absolute Gasteiger partial charge is 0.444 e. The number of likely N-dealkylation sites (tertiary alicyclic amines) is 1. The third kappa shape index (κ3) is 4.91. The smallest absolute Gasteiger partial charge is 0.408 e. The third-order valence-corrected chi connectivity index (χ3v) is 4.82. The minimum absolute atomic E-state index is 0.000609. The zero-order valence-corrected chi connectivity index (χ0v) is 16.7. The Morgan fingerprint density at radius 2 is 1.39 bits per heavy atom. The number of alkyl carbamates (subject to hydrolysis) is 1. The maximum atomic E-state index is 13.1. The van der Waals surface area contributed by atoms with Crippen molar-refractivity contribution in [3.8, 4) is 0 Å². The molecule has 5 heteroatoms. The lowest BCUT2D eigenvalue weighted by atomic mass is 10.0. The van der Waals surface area contributed by atoms with Gasteiger partial charge in [0, 0.05) is 0 Å². The Morgan fingerprint density at radius 1 is 0.929 bits per heavy atom. The van der Waals surface area contributed by atoms with Crippen LogP contribution in [0.15, 0.2) is 60.7 Å². The van der Waals surface area contributed by atoms with Crippen LogP contribution in [0.2, 0.25) is 0 Å². The lowest BCUT2D eigenvalue weighted by Crippen LogP contribution is -2.42. The van der Waals surface area contributed by atoms with Crippen LogP contribution in [0, 0.1) is 0 Å². The Morgan fingerprint density at radius 3 is 1.82 bits per heavy atom. The Balaban J connectivity index is 1.78. The normalized spacial score (nSPS) is 19.3. The van der Waals surface area contributed by atoms with E-state index in [2.05, 4.69) is 29.6 Å². The van der Waals surface area contributed by atoms with Gasteiger partial charge in [-0.25, -0.2) is 4.79 Å². The second-order valence-corrected chi connectivity index (χ2v) is 8.09. The van der Waals surface area contributed by atoms with Crippen molar-refractivity contribution in [1.82, 2.24) is 10.2 Å². The molecule has 1 N–H and O–H groups in total. The molecular weight excluding hydrogens is 352 g/mol. The summed E-state index contributed by atoms with van der Waals surface area (Å²) in [6, 6.07) is 20.1. The number of rotatable bonds is 4. The van der Waals surface area contributed by atoms with Crippen LogP contribution in [0.4, 0.5) is 4.79 Å². The first kappa shape index (κ1) is 19.9. The summed E-state index contributed by atoms with van der Waals surface area (Å²) in [5.74, 6) is -0.105. The standard InChI is InChI=1S/C23H28N2O3/c1-23(2,3)28-22(27)24-16-21(26)25-19(17-10-6-4-7-11-17)14-15-20(25)18-12-8-5-9-13-18/h4-13,19-20H,14-16H2,1-3H3,(H,24,27). The molecule has 2 atom stereocenters. The number of ether oxygens (including phenoxy) is 1.